The van der Waals surface area contributed by atoms with Crippen molar-refractivity contribution in [3.63, 3.8) is 0 Å². The lowest BCUT2D eigenvalue weighted by atomic mass is 10.1. The predicted molar refractivity (Wildman–Crippen MR) is 152 cm³/mol. The van der Waals surface area contributed by atoms with Crippen LogP contribution in [0.2, 0.25) is 0 Å². The molecule has 1 amide bonds. The summed E-state index contributed by atoms with van der Waals surface area (Å²) >= 11 is 0. The summed E-state index contributed by atoms with van der Waals surface area (Å²) in [5, 5.41) is 17.4. The number of carbonyl (C=O) groups is 1. The van der Waals surface area contributed by atoms with Gasteiger partial charge in [0, 0.05) is 43.6 Å². The van der Waals surface area contributed by atoms with Gasteiger partial charge in [-0.15, -0.1) is 0 Å². The van der Waals surface area contributed by atoms with Crippen molar-refractivity contribution in [3.8, 4) is 23.0 Å². The molecule has 1 N–H and O–H groups in total. The minimum Gasteiger partial charge on any atom is -0.376 e. The second-order valence-electron chi connectivity index (χ2n) is 10.1. The van der Waals surface area contributed by atoms with Crippen LogP contribution < -0.4 is 5.32 Å². The smallest absolute Gasteiger partial charge is 0.262 e. The first-order valence-corrected chi connectivity index (χ1v) is 15.2. The largest absolute Gasteiger partial charge is 0.376 e. The van der Waals surface area contributed by atoms with E-state index in [1.165, 1.54) is 6.08 Å². The highest BCUT2D eigenvalue weighted by Gasteiger charge is 2.26. The topological polar surface area (TPSA) is 117 Å². The number of hydrogen-bond acceptors (Lipinski definition) is 6. The first kappa shape index (κ1) is 27.8. The van der Waals surface area contributed by atoms with Crippen molar-refractivity contribution < 1.29 is 17.9 Å². The van der Waals surface area contributed by atoms with Crippen LogP contribution in [0.3, 0.4) is 0 Å². The lowest BCUT2D eigenvalue weighted by Crippen LogP contribution is -2.32. The van der Waals surface area contributed by atoms with E-state index in [2.05, 4.69) is 5.32 Å². The number of sulfonamides is 1. The molecule has 5 rings (SSSR count). The quantitative estimate of drug-likeness (QED) is 0.325. The third-order valence-corrected chi connectivity index (χ3v) is 9.15. The van der Waals surface area contributed by atoms with E-state index >= 15 is 0 Å². The second-order valence-corrected chi connectivity index (χ2v) is 12.0. The van der Waals surface area contributed by atoms with Gasteiger partial charge in [0.25, 0.3) is 5.91 Å². The molecule has 9 nitrogen and oxygen atoms in total. The number of carbonyl (C=O) groups excluding carboxylic acids is 1. The van der Waals surface area contributed by atoms with E-state index in [1.54, 1.807) is 39.4 Å². The highest BCUT2D eigenvalue weighted by atomic mass is 32.2. The zero-order chi connectivity index (χ0) is 28.0. The Labute approximate surface area is 235 Å². The molecule has 0 bridgehead atoms. The maximum Gasteiger partial charge on any atom is 0.262 e. The molecule has 0 spiro atoms. The van der Waals surface area contributed by atoms with Crippen LogP contribution in [-0.4, -0.2) is 60.8 Å². The average molecular weight is 560 g/mol. The number of nitrogens with one attached hydrogen (secondary N) is 1. The van der Waals surface area contributed by atoms with Gasteiger partial charge in [-0.2, -0.15) is 14.7 Å². The summed E-state index contributed by atoms with van der Waals surface area (Å²) in [7, 11) is -3.68. The number of para-hydroxylation sites is 1. The molecule has 1 aromatic heterocycles. The Morgan fingerprint density at radius 3 is 2.55 bits per heavy atom. The molecule has 2 aliphatic rings. The van der Waals surface area contributed by atoms with Crippen molar-refractivity contribution in [1.82, 2.24) is 19.4 Å². The van der Waals surface area contributed by atoms with Crippen molar-refractivity contribution in [3.05, 3.63) is 71.9 Å². The van der Waals surface area contributed by atoms with E-state index in [-0.39, 0.29) is 16.6 Å². The van der Waals surface area contributed by atoms with Gasteiger partial charge in [-0.25, -0.2) is 13.1 Å². The molecule has 0 saturated carbocycles. The minimum atomic E-state index is -3.68. The fourth-order valence-electron chi connectivity index (χ4n) is 5.08. The van der Waals surface area contributed by atoms with Gasteiger partial charge in [0.05, 0.1) is 16.7 Å². The molecule has 2 saturated heterocycles. The van der Waals surface area contributed by atoms with Crippen molar-refractivity contribution >= 4 is 22.0 Å². The van der Waals surface area contributed by atoms with Crippen LogP contribution in [0.4, 0.5) is 0 Å². The van der Waals surface area contributed by atoms with Crippen molar-refractivity contribution in [1.29, 1.82) is 5.26 Å². The summed E-state index contributed by atoms with van der Waals surface area (Å²) in [6, 6.07) is 18.2. The Morgan fingerprint density at radius 1 is 1.07 bits per heavy atom. The predicted octanol–water partition coefficient (Wildman–Crippen LogP) is 4.31. The minimum absolute atomic E-state index is 0.0471. The van der Waals surface area contributed by atoms with Crippen LogP contribution in [0.15, 0.2) is 71.3 Å². The molecule has 3 heterocycles. The number of nitrogens with zero attached hydrogens (tertiary/aromatic N) is 4. The number of hydrogen-bond donors (Lipinski definition) is 1. The summed E-state index contributed by atoms with van der Waals surface area (Å²) in [5.41, 5.74) is 2.29. The standard InChI is InChI=1S/C30H33N5O4S/c31-20-24(30(36)32-21-27-13-9-17-39-27)18-25-22-35(26-11-4-3-5-12-26)33-29(25)23-10-8-14-28(19-23)40(37,38)34-15-6-1-2-7-16-34/h3-5,8,10-12,14,18-19,22,27H,1-2,6-7,9,13,15-17,21H2,(H,32,36)/b24-18+/t27-/m0/s1. The van der Waals surface area contributed by atoms with Gasteiger partial charge in [-0.05, 0) is 56.0 Å². The number of aromatic nitrogens is 2. The SMILES string of the molecule is N#C/C(=C\c1cn(-c2ccccc2)nc1-c1cccc(S(=O)(=O)N2CCCCCC2)c1)C(=O)NC[C@@H]1CCCO1. The van der Waals surface area contributed by atoms with Crippen LogP contribution in [0.5, 0.6) is 0 Å². The highest BCUT2D eigenvalue weighted by molar-refractivity contribution is 7.89. The summed E-state index contributed by atoms with van der Waals surface area (Å²) in [5.74, 6) is -0.492. The Bertz CT molecular complexity index is 1510. The Morgan fingerprint density at radius 2 is 1.85 bits per heavy atom. The van der Waals surface area contributed by atoms with Gasteiger partial charge in [0.15, 0.2) is 0 Å². The molecule has 10 heteroatoms. The van der Waals surface area contributed by atoms with Crippen LogP contribution in [0.1, 0.15) is 44.1 Å². The van der Waals surface area contributed by atoms with Crippen LogP contribution in [0.25, 0.3) is 23.0 Å². The summed E-state index contributed by atoms with van der Waals surface area (Å²) in [6.45, 7) is 2.03. The highest BCUT2D eigenvalue weighted by Crippen LogP contribution is 2.29. The van der Waals surface area contributed by atoms with Crippen molar-refractivity contribution in [2.24, 2.45) is 0 Å². The molecule has 2 fully saturated rings. The first-order valence-electron chi connectivity index (χ1n) is 13.7. The zero-order valence-electron chi connectivity index (χ0n) is 22.3. The number of nitriles is 1. The third-order valence-electron chi connectivity index (χ3n) is 7.25. The number of rotatable bonds is 8. The third kappa shape index (κ3) is 6.33. The van der Waals surface area contributed by atoms with E-state index in [1.807, 2.05) is 36.4 Å². The van der Waals surface area contributed by atoms with E-state index in [9.17, 15) is 18.5 Å². The Kier molecular flexibility index (Phi) is 8.75. The molecule has 0 radical (unpaired) electrons. The molecule has 3 aromatic rings. The fourth-order valence-corrected chi connectivity index (χ4v) is 6.64. The van der Waals surface area contributed by atoms with Crippen LogP contribution in [-0.2, 0) is 19.6 Å². The lowest BCUT2D eigenvalue weighted by molar-refractivity contribution is -0.117. The molecule has 1 atom stereocenters. The molecular weight excluding hydrogens is 526 g/mol. The lowest BCUT2D eigenvalue weighted by Gasteiger charge is -2.20. The van der Waals surface area contributed by atoms with Crippen molar-refractivity contribution in [2.75, 3.05) is 26.2 Å². The monoisotopic (exact) mass is 559 g/mol. The van der Waals surface area contributed by atoms with Gasteiger partial charge in [-0.3, -0.25) is 4.79 Å². The van der Waals surface area contributed by atoms with Gasteiger partial charge < -0.3 is 10.1 Å². The summed E-state index contributed by atoms with van der Waals surface area (Å²) in [6.07, 6.45) is 8.78. The van der Waals surface area contributed by atoms with Crippen LogP contribution in [0, 0.1) is 11.3 Å². The zero-order valence-corrected chi connectivity index (χ0v) is 23.1. The normalized spacial score (nSPS) is 18.7. The molecule has 40 heavy (non-hydrogen) atoms. The number of ether oxygens (including phenoxy) is 1. The van der Waals surface area contributed by atoms with Crippen LogP contribution >= 0.6 is 0 Å². The van der Waals surface area contributed by atoms with Gasteiger partial charge >= 0.3 is 0 Å². The molecular formula is C30H33N5O4S. The van der Waals surface area contributed by atoms with E-state index in [0.29, 0.717) is 43.1 Å². The van der Waals surface area contributed by atoms with Gasteiger partial charge in [0.1, 0.15) is 17.3 Å². The maximum atomic E-state index is 13.5. The molecule has 208 valence electrons. The fraction of sp³-hybridized carbons (Fsp3) is 0.367. The Balaban J connectivity index is 1.51. The number of amides is 1. The maximum absolute atomic E-state index is 13.5. The van der Waals surface area contributed by atoms with Gasteiger partial charge in [-0.1, -0.05) is 43.2 Å². The molecule has 0 unspecified atom stereocenters. The summed E-state index contributed by atoms with van der Waals surface area (Å²) in [4.78, 5) is 13.1. The van der Waals surface area contributed by atoms with Crippen molar-refractivity contribution in [2.45, 2.75) is 49.5 Å². The van der Waals surface area contributed by atoms with E-state index in [0.717, 1.165) is 44.2 Å². The van der Waals surface area contributed by atoms with E-state index < -0.39 is 15.9 Å². The first-order chi connectivity index (χ1) is 19.5. The Hall–Kier alpha value is -3.78. The molecule has 0 aliphatic carbocycles. The van der Waals surface area contributed by atoms with E-state index in [4.69, 9.17) is 9.84 Å². The molecule has 2 aromatic carbocycles. The number of benzene rings is 2. The van der Waals surface area contributed by atoms with Gasteiger partial charge in [0.2, 0.25) is 10.0 Å². The summed E-state index contributed by atoms with van der Waals surface area (Å²) < 4.78 is 35.8. The average Bonchev–Trinajstić information content (AvgIpc) is 3.57. The second kappa shape index (κ2) is 12.6. The molecule has 2 aliphatic heterocycles.